The maximum absolute atomic E-state index is 14.9. The van der Waals surface area contributed by atoms with E-state index in [1.54, 1.807) is 25.1 Å². The average molecular weight is 1110 g/mol. The molecule has 2 saturated carbocycles. The summed E-state index contributed by atoms with van der Waals surface area (Å²) in [6.45, 7) is 6.54. The summed E-state index contributed by atoms with van der Waals surface area (Å²) in [5.41, 5.74) is 1.49. The summed E-state index contributed by atoms with van der Waals surface area (Å²) in [5.74, 6) is -5.87. The number of amides is 1. The number of carbonyl (C=O) groups is 1. The standard InChI is InChI=1S/C57H67F3N10O8S/c1-35(2)41-8-6-7-9-42(41)47-34-67(33-37-14-19-61-50(24-37)56(4,59)60)22-23-69(47)39-28-57(29-39)17-20-68(21-18-57)38-10-11-43(48(25-38)78-49-27-44-45(58)32-64-51(44)65-54(49)77-5)53(71)66-79(75,76)40-26-46(70(73)74)52(63-31-40)62-30-36-12-15-55(3,72)16-13-36/h6-11,14,19,24-27,31-32,35-36,39,47,72H,12-13,15-18,20-23,28-30,33-34H2,1-5H3,(H,62,63)(H,64,65)(H,66,71)/t36?,47-,55?/m0/s1/i4D3. The molecule has 4 aromatic heterocycles. The van der Waals surface area contributed by atoms with Gasteiger partial charge >= 0.3 is 5.69 Å². The number of ether oxygens (including phenoxy) is 2. The molecule has 0 bridgehead atoms. The van der Waals surface area contributed by atoms with Gasteiger partial charge in [0.05, 0.1) is 34.8 Å². The van der Waals surface area contributed by atoms with Gasteiger partial charge in [0, 0.05) is 105 Å². The number of nitrogens with one attached hydrogen (secondary N) is 3. The predicted octanol–water partition coefficient (Wildman–Crippen LogP) is 10.2. The number of alkyl halides is 2. The lowest BCUT2D eigenvalue weighted by Gasteiger charge is -2.58. The Balaban J connectivity index is 0.854. The highest BCUT2D eigenvalue weighted by Crippen LogP contribution is 2.54. The van der Waals surface area contributed by atoms with Crippen LogP contribution in [0.1, 0.15) is 128 Å². The van der Waals surface area contributed by atoms with Crippen molar-refractivity contribution in [2.75, 3.05) is 56.6 Å². The van der Waals surface area contributed by atoms with E-state index in [1.807, 2.05) is 16.9 Å². The highest BCUT2D eigenvalue weighted by atomic mass is 32.2. The second-order valence-corrected chi connectivity index (χ2v) is 24.0. The number of aromatic nitrogens is 4. The van der Waals surface area contributed by atoms with Crippen LogP contribution in [0.15, 0.2) is 90.2 Å². The number of methoxy groups -OCH3 is 1. The molecule has 2 aliphatic heterocycles. The molecule has 4 aliphatic rings. The first-order valence-electron chi connectivity index (χ1n) is 28.2. The third-order valence-corrected chi connectivity index (χ3v) is 17.8. The number of anilines is 2. The number of sulfonamides is 1. The molecule has 1 atom stereocenters. The Kier molecular flexibility index (Phi) is 14.3. The number of H-pyrrole nitrogens is 1. The average Bonchev–Trinajstić information content (AvgIpc) is 3.34. The maximum atomic E-state index is 14.9. The Morgan fingerprint density at radius 2 is 1.78 bits per heavy atom. The molecule has 1 amide bonds. The predicted molar refractivity (Wildman–Crippen MR) is 292 cm³/mol. The normalized spacial score (nSPS) is 22.0. The van der Waals surface area contributed by atoms with Crippen molar-refractivity contribution in [3.8, 4) is 17.4 Å². The summed E-state index contributed by atoms with van der Waals surface area (Å²) < 4.78 is 109. The van der Waals surface area contributed by atoms with Gasteiger partial charge in [0.15, 0.2) is 5.75 Å². The molecule has 0 unspecified atom stereocenters. The van der Waals surface area contributed by atoms with E-state index in [-0.39, 0.29) is 69.1 Å². The molecular weight excluding hydrogens is 1040 g/mol. The fourth-order valence-corrected chi connectivity index (χ4v) is 12.9. The number of nitrogens with zero attached hydrogens (tertiary/aromatic N) is 7. The van der Waals surface area contributed by atoms with Gasteiger partial charge in [-0.2, -0.15) is 13.8 Å². The van der Waals surface area contributed by atoms with E-state index in [4.69, 9.17) is 13.6 Å². The topological polar surface area (TPSA) is 221 Å². The van der Waals surface area contributed by atoms with Crippen molar-refractivity contribution in [3.05, 3.63) is 129 Å². The molecule has 6 heterocycles. The molecule has 2 saturated heterocycles. The van der Waals surface area contributed by atoms with Crippen LogP contribution in [0.25, 0.3) is 11.0 Å². The molecular formula is C57H67F3N10O8S. The van der Waals surface area contributed by atoms with Gasteiger partial charge in [0.25, 0.3) is 27.7 Å². The monoisotopic (exact) mass is 1110 g/mol. The van der Waals surface area contributed by atoms with Gasteiger partial charge in [0.2, 0.25) is 5.82 Å². The Labute approximate surface area is 461 Å². The molecule has 18 nitrogen and oxygen atoms in total. The minimum atomic E-state index is -4.79. The highest BCUT2D eigenvalue weighted by Gasteiger charge is 2.50. The first-order valence-corrected chi connectivity index (χ1v) is 28.2. The Morgan fingerprint density at radius 3 is 2.51 bits per heavy atom. The van der Waals surface area contributed by atoms with E-state index >= 15 is 0 Å². The van der Waals surface area contributed by atoms with E-state index in [9.17, 15) is 41.6 Å². The molecule has 4 fully saturated rings. The van der Waals surface area contributed by atoms with Gasteiger partial charge in [0.1, 0.15) is 27.8 Å². The van der Waals surface area contributed by atoms with Gasteiger partial charge in [-0.25, -0.2) is 22.5 Å². The van der Waals surface area contributed by atoms with Gasteiger partial charge in [-0.05, 0) is 116 Å². The zero-order valence-corrected chi connectivity index (χ0v) is 45.3. The van der Waals surface area contributed by atoms with Crippen molar-refractivity contribution in [2.45, 2.75) is 120 Å². The molecule has 1 spiro atoms. The third kappa shape index (κ3) is 12.0. The van der Waals surface area contributed by atoms with Crippen LogP contribution in [0.2, 0.25) is 0 Å². The van der Waals surface area contributed by atoms with Crippen LogP contribution in [0.3, 0.4) is 0 Å². The number of piperidine rings is 1. The number of aliphatic hydroxyl groups is 1. The summed E-state index contributed by atoms with van der Waals surface area (Å²) in [6.07, 6.45) is 9.41. The SMILES string of the molecule is [2H]C([2H])([2H])C(F)(F)c1cc(CN2CCN(C3CC4(CCN(c5ccc(C(=O)NS(=O)(=O)c6cnc(NCC7CCC(C)(O)CC7)c([N+](=O)[O-])c6)c(Oc6cc7c(F)c[nH]c7nc6OC)c5)CC4)C3)[C@H](c3ccccc3C(C)C)C2)ccn1. The number of carbonyl (C=O) groups excluding carboxylic acids is 1. The zero-order chi connectivity index (χ0) is 58.5. The van der Waals surface area contributed by atoms with Gasteiger partial charge in [-0.3, -0.25) is 29.7 Å². The van der Waals surface area contributed by atoms with Crippen molar-refractivity contribution >= 4 is 44.2 Å². The van der Waals surface area contributed by atoms with Crippen molar-refractivity contribution in [1.82, 2.24) is 34.5 Å². The van der Waals surface area contributed by atoms with E-state index in [0.717, 1.165) is 50.7 Å². The molecule has 22 heteroatoms. The number of hydrogen-bond donors (Lipinski definition) is 4. The van der Waals surface area contributed by atoms with Gasteiger partial charge in [-0.1, -0.05) is 38.1 Å². The van der Waals surface area contributed by atoms with Crippen molar-refractivity contribution in [1.29, 1.82) is 0 Å². The zero-order valence-electron chi connectivity index (χ0n) is 47.5. The Morgan fingerprint density at radius 1 is 1.03 bits per heavy atom. The highest BCUT2D eigenvalue weighted by molar-refractivity contribution is 7.90. The summed E-state index contributed by atoms with van der Waals surface area (Å²) in [4.78, 5) is 47.0. The van der Waals surface area contributed by atoms with E-state index in [1.165, 1.54) is 42.6 Å². The second-order valence-electron chi connectivity index (χ2n) is 22.3. The van der Waals surface area contributed by atoms with E-state index in [0.29, 0.717) is 76.2 Å². The number of nitro groups is 1. The fourth-order valence-electron chi connectivity index (χ4n) is 12.0. The van der Waals surface area contributed by atoms with E-state index in [2.05, 4.69) is 65.9 Å². The van der Waals surface area contributed by atoms with E-state index < -0.39 is 61.3 Å². The lowest BCUT2D eigenvalue weighted by Crippen LogP contribution is -2.60. The van der Waals surface area contributed by atoms with Crippen LogP contribution in [0.5, 0.6) is 17.4 Å². The van der Waals surface area contributed by atoms with Crippen LogP contribution in [-0.2, 0) is 22.5 Å². The van der Waals surface area contributed by atoms with Crippen molar-refractivity contribution < 1.29 is 50.0 Å². The number of pyridine rings is 3. The lowest BCUT2D eigenvalue weighted by atomic mass is 9.59. The number of benzene rings is 2. The largest absolute Gasteiger partial charge is 0.478 e. The maximum Gasteiger partial charge on any atom is 0.312 e. The first-order chi connectivity index (χ1) is 38.8. The molecule has 4 N–H and O–H groups in total. The van der Waals surface area contributed by atoms with Crippen LogP contribution in [0, 0.1) is 27.3 Å². The Bertz CT molecular complexity index is 3470. The molecule has 2 aromatic carbocycles. The first kappa shape index (κ1) is 51.6. The van der Waals surface area contributed by atoms with Crippen LogP contribution >= 0.6 is 0 Å². The fraction of sp³-hybridized carbons (Fsp3) is 0.474. The van der Waals surface area contributed by atoms with Gasteiger partial charge in [-0.15, -0.1) is 0 Å². The smallest absolute Gasteiger partial charge is 0.312 e. The summed E-state index contributed by atoms with van der Waals surface area (Å²) in [6, 6.07) is 18.4. The number of hydrogen-bond acceptors (Lipinski definition) is 15. The summed E-state index contributed by atoms with van der Waals surface area (Å²) in [5, 5.41) is 25.6. The lowest BCUT2D eigenvalue weighted by molar-refractivity contribution is -0.384. The summed E-state index contributed by atoms with van der Waals surface area (Å²) >= 11 is 0. The van der Waals surface area contributed by atoms with Gasteiger partial charge < -0.3 is 29.8 Å². The van der Waals surface area contributed by atoms with Crippen LogP contribution in [0.4, 0.5) is 30.4 Å². The third-order valence-electron chi connectivity index (χ3n) is 16.5. The quantitative estimate of drug-likeness (QED) is 0.0493. The number of halogens is 3. The number of piperazine rings is 1. The minimum absolute atomic E-state index is 0.00273. The molecule has 10 rings (SSSR count). The summed E-state index contributed by atoms with van der Waals surface area (Å²) in [7, 11) is -3.45. The number of rotatable bonds is 17. The molecule has 79 heavy (non-hydrogen) atoms. The van der Waals surface area contributed by atoms with Crippen LogP contribution in [-0.4, -0.2) is 112 Å². The van der Waals surface area contributed by atoms with Crippen molar-refractivity contribution in [3.63, 3.8) is 0 Å². The molecule has 420 valence electrons. The van der Waals surface area contributed by atoms with Crippen LogP contribution < -0.4 is 24.4 Å². The number of fused-ring (bicyclic) bond motifs is 1. The second kappa shape index (κ2) is 22.0. The molecule has 6 aromatic rings. The number of aromatic amines is 1. The van der Waals surface area contributed by atoms with Crippen molar-refractivity contribution in [2.24, 2.45) is 11.3 Å². The molecule has 0 radical (unpaired) electrons. The minimum Gasteiger partial charge on any atom is -0.478 e. The Hall–Kier alpha value is -6.88. The molecule has 2 aliphatic carbocycles.